The lowest BCUT2D eigenvalue weighted by Gasteiger charge is -2.11. The van der Waals surface area contributed by atoms with Gasteiger partial charge in [-0.15, -0.1) is 0 Å². The van der Waals surface area contributed by atoms with E-state index in [0.717, 1.165) is 5.56 Å². The van der Waals surface area contributed by atoms with Crippen molar-refractivity contribution in [1.82, 2.24) is 4.98 Å². The van der Waals surface area contributed by atoms with Crippen LogP contribution in [0.25, 0.3) is 0 Å². The second kappa shape index (κ2) is 7.77. The molecule has 0 radical (unpaired) electrons. The van der Waals surface area contributed by atoms with E-state index in [0.29, 0.717) is 28.0 Å². The molecule has 0 aliphatic carbocycles. The van der Waals surface area contributed by atoms with Gasteiger partial charge in [0.05, 0.1) is 17.4 Å². The van der Waals surface area contributed by atoms with E-state index in [4.69, 9.17) is 4.74 Å². The molecular weight excluding hydrogens is 385 g/mol. The van der Waals surface area contributed by atoms with Gasteiger partial charge in [-0.05, 0) is 57.9 Å². The highest BCUT2D eigenvalue weighted by Gasteiger charge is 2.08. The summed E-state index contributed by atoms with van der Waals surface area (Å²) in [5.41, 5.74) is 1.94. The van der Waals surface area contributed by atoms with Crippen LogP contribution < -0.4 is 10.1 Å². The van der Waals surface area contributed by atoms with Gasteiger partial charge < -0.3 is 10.1 Å². The van der Waals surface area contributed by atoms with E-state index in [1.807, 2.05) is 6.07 Å². The third-order valence-corrected chi connectivity index (χ3v) is 4.13. The summed E-state index contributed by atoms with van der Waals surface area (Å²) < 4.78 is 20.4. The molecule has 1 N–H and O–H groups in total. The normalized spacial score (nSPS) is 10.1. The molecule has 0 spiro atoms. The zero-order valence-electron chi connectivity index (χ0n) is 13.0. The van der Waals surface area contributed by atoms with E-state index >= 15 is 0 Å². The average Bonchev–Trinajstić information content (AvgIpc) is 2.63. The molecule has 2 aromatic carbocycles. The van der Waals surface area contributed by atoms with E-state index in [9.17, 15) is 9.65 Å². The highest BCUT2D eigenvalue weighted by atomic mass is 79.9. The molecule has 3 aromatic rings. The Bertz CT molecular complexity index is 926. The van der Waals surface area contributed by atoms with Gasteiger partial charge in [-0.2, -0.15) is 5.26 Å². The fourth-order valence-corrected chi connectivity index (χ4v) is 2.71. The maximum absolute atomic E-state index is 14.2. The number of ether oxygens (including phenoxy) is 1. The van der Waals surface area contributed by atoms with Crippen LogP contribution >= 0.6 is 15.9 Å². The van der Waals surface area contributed by atoms with Gasteiger partial charge in [0.1, 0.15) is 11.8 Å². The van der Waals surface area contributed by atoms with E-state index in [1.165, 1.54) is 12.3 Å². The maximum atomic E-state index is 14.2. The molecule has 1 aromatic heterocycles. The Labute approximate surface area is 153 Å². The van der Waals surface area contributed by atoms with Gasteiger partial charge in [-0.25, -0.2) is 4.39 Å². The Morgan fingerprint density at radius 2 is 2.08 bits per heavy atom. The molecule has 0 bridgehead atoms. The van der Waals surface area contributed by atoms with Crippen LogP contribution in [0.5, 0.6) is 11.5 Å². The van der Waals surface area contributed by atoms with Crippen LogP contribution in [0.4, 0.5) is 10.1 Å². The first-order valence-electron chi connectivity index (χ1n) is 7.46. The Balaban J connectivity index is 1.72. The highest BCUT2D eigenvalue weighted by molar-refractivity contribution is 9.10. The molecule has 0 saturated heterocycles. The number of hydrogen-bond donors (Lipinski definition) is 1. The fraction of sp³-hybridized carbons (Fsp3) is 0.0526. The lowest BCUT2D eigenvalue weighted by molar-refractivity contribution is 0.440. The molecule has 0 unspecified atom stereocenters. The van der Waals surface area contributed by atoms with Crippen molar-refractivity contribution in [2.75, 3.05) is 5.32 Å². The molecule has 0 atom stereocenters. The van der Waals surface area contributed by atoms with E-state index in [-0.39, 0.29) is 5.75 Å². The minimum atomic E-state index is -0.460. The largest absolute Gasteiger partial charge is 0.453 e. The minimum Gasteiger partial charge on any atom is -0.453 e. The molecule has 0 fully saturated rings. The molecule has 0 aliphatic heterocycles. The molecule has 3 rings (SSSR count). The average molecular weight is 398 g/mol. The van der Waals surface area contributed by atoms with Crippen LogP contribution in [0.1, 0.15) is 11.1 Å². The van der Waals surface area contributed by atoms with Gasteiger partial charge in [-0.1, -0.05) is 12.1 Å². The monoisotopic (exact) mass is 397 g/mol. The third-order valence-electron chi connectivity index (χ3n) is 3.47. The molecular formula is C19H13BrFN3O. The number of nitriles is 1. The summed E-state index contributed by atoms with van der Waals surface area (Å²) in [6, 6.07) is 15.8. The number of anilines is 1. The topological polar surface area (TPSA) is 57.9 Å². The summed E-state index contributed by atoms with van der Waals surface area (Å²) in [6.07, 6.45) is 3.14. The van der Waals surface area contributed by atoms with Crippen molar-refractivity contribution in [2.24, 2.45) is 0 Å². The Morgan fingerprint density at radius 1 is 1.20 bits per heavy atom. The summed E-state index contributed by atoms with van der Waals surface area (Å²) in [5.74, 6) is 0.148. The van der Waals surface area contributed by atoms with Crippen LogP contribution in [0.15, 0.2) is 65.4 Å². The van der Waals surface area contributed by atoms with Gasteiger partial charge in [-0.3, -0.25) is 4.98 Å². The summed E-state index contributed by atoms with van der Waals surface area (Å²) in [5, 5.41) is 12.4. The number of aromatic nitrogens is 1. The Kier molecular flexibility index (Phi) is 5.26. The van der Waals surface area contributed by atoms with E-state index in [1.54, 1.807) is 42.6 Å². The van der Waals surface area contributed by atoms with Gasteiger partial charge in [0, 0.05) is 17.2 Å². The highest BCUT2D eigenvalue weighted by Crippen LogP contribution is 2.26. The first-order valence-corrected chi connectivity index (χ1v) is 8.25. The van der Waals surface area contributed by atoms with Gasteiger partial charge >= 0.3 is 0 Å². The number of nitrogens with zero attached hydrogens (tertiary/aromatic N) is 2. The van der Waals surface area contributed by atoms with Crippen LogP contribution in [0, 0.1) is 17.1 Å². The van der Waals surface area contributed by atoms with Crippen molar-refractivity contribution in [3.63, 3.8) is 0 Å². The van der Waals surface area contributed by atoms with Crippen LogP contribution in [0.2, 0.25) is 0 Å². The zero-order chi connectivity index (χ0) is 17.6. The zero-order valence-corrected chi connectivity index (χ0v) is 14.6. The van der Waals surface area contributed by atoms with Crippen molar-refractivity contribution in [1.29, 1.82) is 5.26 Å². The number of halogens is 2. The summed E-state index contributed by atoms with van der Waals surface area (Å²) >= 11 is 3.34. The van der Waals surface area contributed by atoms with Crippen LogP contribution in [-0.4, -0.2) is 4.98 Å². The van der Waals surface area contributed by atoms with Crippen molar-refractivity contribution in [2.45, 2.75) is 6.54 Å². The smallest absolute Gasteiger partial charge is 0.166 e. The number of rotatable bonds is 5. The van der Waals surface area contributed by atoms with Crippen LogP contribution in [0.3, 0.4) is 0 Å². The molecule has 0 amide bonds. The molecule has 1 heterocycles. The first kappa shape index (κ1) is 16.9. The molecule has 6 heteroatoms. The maximum Gasteiger partial charge on any atom is 0.166 e. The molecule has 25 heavy (non-hydrogen) atoms. The van der Waals surface area contributed by atoms with E-state index in [2.05, 4.69) is 32.3 Å². The van der Waals surface area contributed by atoms with E-state index < -0.39 is 5.82 Å². The fourth-order valence-electron chi connectivity index (χ4n) is 2.25. The van der Waals surface area contributed by atoms with Crippen molar-refractivity contribution < 1.29 is 9.13 Å². The second-order valence-electron chi connectivity index (χ2n) is 5.18. The SMILES string of the molecule is N#Cc1c(Br)cccc1NCc1ccc(Oc2cccnc2)c(F)c1. The first-order chi connectivity index (χ1) is 12.2. The minimum absolute atomic E-state index is 0.136. The second-order valence-corrected chi connectivity index (χ2v) is 6.04. The predicted molar refractivity (Wildman–Crippen MR) is 96.9 cm³/mol. The Morgan fingerprint density at radius 3 is 2.80 bits per heavy atom. The standard InChI is InChI=1S/C19H13BrFN3O/c20-16-4-1-5-18(15(16)10-22)24-11-13-6-7-19(17(21)9-13)25-14-3-2-8-23-12-14/h1-9,12,24H,11H2. The number of nitrogens with one attached hydrogen (secondary N) is 1. The number of hydrogen-bond acceptors (Lipinski definition) is 4. The van der Waals surface area contributed by atoms with Crippen molar-refractivity contribution in [3.8, 4) is 17.6 Å². The summed E-state index contributed by atoms with van der Waals surface area (Å²) in [7, 11) is 0. The van der Waals surface area contributed by atoms with Gasteiger partial charge in [0.2, 0.25) is 0 Å². The van der Waals surface area contributed by atoms with Gasteiger partial charge in [0.25, 0.3) is 0 Å². The molecule has 0 aliphatic rings. The lowest BCUT2D eigenvalue weighted by Crippen LogP contribution is -2.02. The van der Waals surface area contributed by atoms with Crippen molar-refractivity contribution in [3.05, 3.63) is 82.3 Å². The summed E-state index contributed by atoms with van der Waals surface area (Å²) in [6.45, 7) is 0.384. The van der Waals surface area contributed by atoms with Gasteiger partial charge in [0.15, 0.2) is 11.6 Å². The number of benzene rings is 2. The molecule has 124 valence electrons. The molecule has 4 nitrogen and oxygen atoms in total. The quantitative estimate of drug-likeness (QED) is 0.637. The third kappa shape index (κ3) is 4.14. The van der Waals surface area contributed by atoms with Crippen molar-refractivity contribution >= 4 is 21.6 Å². The Hall–Kier alpha value is -2.91. The predicted octanol–water partition coefficient (Wildman–Crippen LogP) is 5.26. The summed E-state index contributed by atoms with van der Waals surface area (Å²) in [4.78, 5) is 3.93. The number of pyridine rings is 1. The lowest BCUT2D eigenvalue weighted by atomic mass is 10.1. The molecule has 0 saturated carbocycles. The van der Waals surface area contributed by atoms with Crippen LogP contribution in [-0.2, 0) is 6.54 Å².